The van der Waals surface area contributed by atoms with Gasteiger partial charge in [-0.2, -0.15) is 0 Å². The van der Waals surface area contributed by atoms with E-state index in [1.807, 2.05) is 20.9 Å². The van der Waals surface area contributed by atoms with Crippen molar-refractivity contribution in [3.63, 3.8) is 0 Å². The van der Waals surface area contributed by atoms with Crippen LogP contribution in [0.15, 0.2) is 0 Å². The third kappa shape index (κ3) is 5.41. The summed E-state index contributed by atoms with van der Waals surface area (Å²) in [7, 11) is 1.85. The minimum absolute atomic E-state index is 0.0941. The van der Waals surface area contributed by atoms with E-state index in [2.05, 4.69) is 10.6 Å². The van der Waals surface area contributed by atoms with E-state index in [-0.39, 0.29) is 17.9 Å². The molecular formula is C19H35N3O4. The number of amides is 3. The van der Waals surface area contributed by atoms with Gasteiger partial charge in [-0.1, -0.05) is 13.3 Å². The first kappa shape index (κ1) is 21.1. The van der Waals surface area contributed by atoms with Gasteiger partial charge < -0.3 is 20.1 Å². The summed E-state index contributed by atoms with van der Waals surface area (Å²) in [6.45, 7) is 6.69. The van der Waals surface area contributed by atoms with Crippen LogP contribution in [0.3, 0.4) is 0 Å². The third-order valence-electron chi connectivity index (χ3n) is 5.35. The van der Waals surface area contributed by atoms with Crippen molar-refractivity contribution in [1.82, 2.24) is 15.5 Å². The highest BCUT2D eigenvalue weighted by Crippen LogP contribution is 2.41. The Labute approximate surface area is 157 Å². The molecule has 0 aromatic heterocycles. The van der Waals surface area contributed by atoms with Crippen LogP contribution in [0.1, 0.15) is 52.4 Å². The molecule has 0 aromatic rings. The Morgan fingerprint density at radius 1 is 1.27 bits per heavy atom. The molecule has 2 fully saturated rings. The van der Waals surface area contributed by atoms with Gasteiger partial charge in [-0.3, -0.25) is 9.69 Å². The van der Waals surface area contributed by atoms with E-state index in [1.54, 1.807) is 0 Å². The maximum Gasteiger partial charge on any atom is 0.324 e. The second kappa shape index (κ2) is 10.2. The zero-order valence-electron chi connectivity index (χ0n) is 16.5. The van der Waals surface area contributed by atoms with E-state index in [1.165, 1.54) is 4.90 Å². The van der Waals surface area contributed by atoms with Gasteiger partial charge >= 0.3 is 6.03 Å². The van der Waals surface area contributed by atoms with Crippen molar-refractivity contribution in [3.8, 4) is 0 Å². The Balaban J connectivity index is 1.99. The molecule has 0 aromatic carbocycles. The maximum absolute atomic E-state index is 13.0. The normalized spacial score (nSPS) is 23.0. The molecule has 7 nitrogen and oxygen atoms in total. The highest BCUT2D eigenvalue weighted by atomic mass is 16.7. The van der Waals surface area contributed by atoms with Gasteiger partial charge in [0.1, 0.15) is 0 Å². The fraction of sp³-hybridized carbons (Fsp3) is 0.895. The number of hydrogen-bond donors (Lipinski definition) is 2. The second-order valence-electron chi connectivity index (χ2n) is 7.37. The molecule has 1 heterocycles. The lowest BCUT2D eigenvalue weighted by Gasteiger charge is -2.37. The summed E-state index contributed by atoms with van der Waals surface area (Å²) in [6, 6.07) is -0.289. The minimum Gasteiger partial charge on any atom is -0.348 e. The predicted octanol–water partition coefficient (Wildman–Crippen LogP) is 2.11. The predicted molar refractivity (Wildman–Crippen MR) is 99.7 cm³/mol. The van der Waals surface area contributed by atoms with Crippen LogP contribution in [-0.4, -0.2) is 62.5 Å². The summed E-state index contributed by atoms with van der Waals surface area (Å²) in [5.41, 5.74) is 0. The Morgan fingerprint density at radius 2 is 2.00 bits per heavy atom. The highest BCUT2D eigenvalue weighted by Gasteiger charge is 2.42. The summed E-state index contributed by atoms with van der Waals surface area (Å²) in [5.74, 6) is -0.363. The summed E-state index contributed by atoms with van der Waals surface area (Å²) in [5, 5.41) is 5.93. The second-order valence-corrected chi connectivity index (χ2v) is 7.37. The van der Waals surface area contributed by atoms with Crippen LogP contribution in [0, 0.1) is 11.8 Å². The van der Waals surface area contributed by atoms with Crippen LogP contribution >= 0.6 is 0 Å². The number of rotatable bonds is 8. The summed E-state index contributed by atoms with van der Waals surface area (Å²) < 4.78 is 11.7. The van der Waals surface area contributed by atoms with Crippen LogP contribution < -0.4 is 10.6 Å². The zero-order chi connectivity index (χ0) is 19.0. The van der Waals surface area contributed by atoms with E-state index in [9.17, 15) is 9.59 Å². The van der Waals surface area contributed by atoms with E-state index < -0.39 is 5.79 Å². The Hall–Kier alpha value is -1.18. The summed E-state index contributed by atoms with van der Waals surface area (Å²) in [4.78, 5) is 26.7. The molecule has 3 amide bonds. The molecule has 2 rings (SSSR count). The molecule has 2 atom stereocenters. The van der Waals surface area contributed by atoms with E-state index in [0.29, 0.717) is 38.8 Å². The topological polar surface area (TPSA) is 79.9 Å². The van der Waals surface area contributed by atoms with Gasteiger partial charge in [0, 0.05) is 32.5 Å². The standard InChI is InChI=1S/C19H35N3O4/c1-4-9-21-18(24)22(5-2)17(23)16(14-20-3)12-15-7-6-8-19(13-15)25-10-11-26-19/h15-16,20H,4-14H2,1-3H3,(H,21,24). The number of imide groups is 1. The monoisotopic (exact) mass is 369 g/mol. The molecule has 2 unspecified atom stereocenters. The van der Waals surface area contributed by atoms with Crippen molar-refractivity contribution in [2.45, 2.75) is 58.2 Å². The Kier molecular flexibility index (Phi) is 8.31. The fourth-order valence-electron chi connectivity index (χ4n) is 4.13. The van der Waals surface area contributed by atoms with E-state index in [4.69, 9.17) is 9.47 Å². The first-order valence-corrected chi connectivity index (χ1v) is 10.1. The minimum atomic E-state index is -0.431. The lowest BCUT2D eigenvalue weighted by atomic mass is 9.79. The molecule has 1 aliphatic heterocycles. The smallest absolute Gasteiger partial charge is 0.324 e. The van der Waals surface area contributed by atoms with Gasteiger partial charge in [-0.15, -0.1) is 0 Å². The molecule has 1 saturated carbocycles. The summed E-state index contributed by atoms with van der Waals surface area (Å²) in [6.07, 6.45) is 5.52. The average molecular weight is 370 g/mol. The fourth-order valence-corrected chi connectivity index (χ4v) is 4.13. The highest BCUT2D eigenvalue weighted by molar-refractivity contribution is 5.95. The Morgan fingerprint density at radius 3 is 2.62 bits per heavy atom. The van der Waals surface area contributed by atoms with Gasteiger partial charge in [0.15, 0.2) is 5.79 Å². The molecule has 2 N–H and O–H groups in total. The maximum atomic E-state index is 13.0. The number of hydrogen-bond acceptors (Lipinski definition) is 5. The molecular weight excluding hydrogens is 334 g/mol. The van der Waals surface area contributed by atoms with Crippen LogP contribution in [0.4, 0.5) is 4.79 Å². The van der Waals surface area contributed by atoms with Crippen molar-refractivity contribution in [2.75, 3.05) is 39.9 Å². The quantitative estimate of drug-likeness (QED) is 0.685. The first-order chi connectivity index (χ1) is 12.5. The average Bonchev–Trinajstić information content (AvgIpc) is 3.07. The SMILES string of the molecule is CCCNC(=O)N(CC)C(=O)C(CNC)CC1CCCC2(C1)OCCO2. The number of carbonyl (C=O) groups excluding carboxylic acids is 2. The number of carbonyl (C=O) groups is 2. The number of nitrogens with one attached hydrogen (secondary N) is 2. The van der Waals surface area contributed by atoms with Crippen molar-refractivity contribution in [1.29, 1.82) is 0 Å². The van der Waals surface area contributed by atoms with E-state index >= 15 is 0 Å². The molecule has 150 valence electrons. The Bertz CT molecular complexity index is 466. The van der Waals surface area contributed by atoms with Crippen LogP contribution in [0.5, 0.6) is 0 Å². The number of urea groups is 1. The molecule has 7 heteroatoms. The molecule has 1 saturated heterocycles. The molecule has 2 aliphatic rings. The van der Waals surface area contributed by atoms with Crippen LogP contribution in [0.25, 0.3) is 0 Å². The van der Waals surface area contributed by atoms with Crippen molar-refractivity contribution < 1.29 is 19.1 Å². The number of nitrogens with zero attached hydrogens (tertiary/aromatic N) is 1. The molecule has 1 aliphatic carbocycles. The van der Waals surface area contributed by atoms with Crippen molar-refractivity contribution in [3.05, 3.63) is 0 Å². The lowest BCUT2D eigenvalue weighted by Crippen LogP contribution is -2.48. The lowest BCUT2D eigenvalue weighted by molar-refractivity contribution is -0.188. The molecule has 0 bridgehead atoms. The van der Waals surface area contributed by atoms with Crippen LogP contribution in [-0.2, 0) is 14.3 Å². The molecule has 0 radical (unpaired) electrons. The largest absolute Gasteiger partial charge is 0.348 e. The van der Waals surface area contributed by atoms with Gasteiger partial charge in [0.25, 0.3) is 0 Å². The van der Waals surface area contributed by atoms with Crippen LogP contribution in [0.2, 0.25) is 0 Å². The molecule has 26 heavy (non-hydrogen) atoms. The van der Waals surface area contributed by atoms with Crippen molar-refractivity contribution in [2.24, 2.45) is 11.8 Å². The molecule has 1 spiro atoms. The van der Waals surface area contributed by atoms with E-state index in [0.717, 1.165) is 38.5 Å². The van der Waals surface area contributed by atoms with Crippen molar-refractivity contribution >= 4 is 11.9 Å². The third-order valence-corrected chi connectivity index (χ3v) is 5.35. The number of ether oxygens (including phenoxy) is 2. The van der Waals surface area contributed by atoms with Gasteiger partial charge in [-0.25, -0.2) is 4.79 Å². The zero-order valence-corrected chi connectivity index (χ0v) is 16.5. The van der Waals surface area contributed by atoms with Gasteiger partial charge in [-0.05, 0) is 39.2 Å². The summed E-state index contributed by atoms with van der Waals surface area (Å²) >= 11 is 0. The van der Waals surface area contributed by atoms with Gasteiger partial charge in [0.2, 0.25) is 5.91 Å². The van der Waals surface area contributed by atoms with Gasteiger partial charge in [0.05, 0.1) is 19.1 Å². The first-order valence-electron chi connectivity index (χ1n) is 10.1.